The minimum absolute atomic E-state index is 0.0675. The van der Waals surface area contributed by atoms with E-state index in [9.17, 15) is 4.79 Å². The Kier molecular flexibility index (Phi) is 3.94. The second-order valence-electron chi connectivity index (χ2n) is 2.88. The number of aromatic hydroxyl groups is 1. The lowest BCUT2D eigenvalue weighted by Gasteiger charge is -2.04. The van der Waals surface area contributed by atoms with E-state index >= 15 is 0 Å². The Morgan fingerprint density at radius 1 is 1.43 bits per heavy atom. The zero-order valence-electron chi connectivity index (χ0n) is 7.99. The zero-order chi connectivity index (χ0) is 10.4. The third kappa shape index (κ3) is 3.45. The lowest BCUT2D eigenvalue weighted by Crippen LogP contribution is -2.26. The predicted octanol–water partition coefficient (Wildman–Crippen LogP) is 0.655. The van der Waals surface area contributed by atoms with Gasteiger partial charge in [-0.1, -0.05) is 12.1 Å². The highest BCUT2D eigenvalue weighted by atomic mass is 16.5. The molecular weight excluding hydrogens is 182 g/mol. The highest BCUT2D eigenvalue weighted by Gasteiger charge is 1.99. The van der Waals surface area contributed by atoms with Crippen LogP contribution in [0.4, 0.5) is 0 Å². The number of hydrogen-bond acceptors (Lipinski definition) is 3. The number of ether oxygens (including phenoxy) is 1. The maximum atomic E-state index is 11.0. The molecule has 0 atom stereocenters. The Morgan fingerprint density at radius 3 is 2.64 bits per heavy atom. The van der Waals surface area contributed by atoms with Gasteiger partial charge in [0.05, 0.1) is 0 Å². The molecule has 0 saturated heterocycles. The number of amides is 1. The normalized spacial score (nSPS) is 9.79. The first-order valence-electron chi connectivity index (χ1n) is 4.26. The Morgan fingerprint density at radius 2 is 2.07 bits per heavy atom. The first-order valence-corrected chi connectivity index (χ1v) is 4.26. The van der Waals surface area contributed by atoms with Crippen molar-refractivity contribution in [2.24, 2.45) is 0 Å². The lowest BCUT2D eigenvalue weighted by molar-refractivity contribution is -0.124. The Hall–Kier alpha value is -1.55. The monoisotopic (exact) mass is 195 g/mol. The van der Waals surface area contributed by atoms with Crippen LogP contribution in [0.2, 0.25) is 0 Å². The predicted molar refractivity (Wildman–Crippen MR) is 51.8 cm³/mol. The Balaban J connectivity index is 2.38. The number of hydrogen-bond donors (Lipinski definition) is 2. The number of phenols is 1. The van der Waals surface area contributed by atoms with Crippen LogP contribution in [0.3, 0.4) is 0 Å². The highest BCUT2D eigenvalue weighted by Crippen LogP contribution is 2.08. The van der Waals surface area contributed by atoms with E-state index in [1.807, 2.05) is 0 Å². The standard InChI is InChI=1S/C10H13NO3/c1-14-7-10(13)11-6-8-2-4-9(12)5-3-8/h2-5,12H,6-7H2,1H3,(H,11,13). The van der Waals surface area contributed by atoms with E-state index in [1.165, 1.54) is 7.11 Å². The summed E-state index contributed by atoms with van der Waals surface area (Å²) in [7, 11) is 1.47. The van der Waals surface area contributed by atoms with Crippen LogP contribution >= 0.6 is 0 Å². The SMILES string of the molecule is COCC(=O)NCc1ccc(O)cc1. The molecule has 0 heterocycles. The summed E-state index contributed by atoms with van der Waals surface area (Å²) in [6.07, 6.45) is 0. The van der Waals surface area contributed by atoms with Crippen molar-refractivity contribution in [3.05, 3.63) is 29.8 Å². The van der Waals surface area contributed by atoms with Crippen molar-refractivity contribution >= 4 is 5.91 Å². The maximum absolute atomic E-state index is 11.0. The van der Waals surface area contributed by atoms with Crippen molar-refractivity contribution in [2.45, 2.75) is 6.54 Å². The minimum Gasteiger partial charge on any atom is -0.508 e. The molecule has 0 aromatic heterocycles. The van der Waals surface area contributed by atoms with Gasteiger partial charge in [-0.2, -0.15) is 0 Å². The molecule has 0 aliphatic heterocycles. The van der Waals surface area contributed by atoms with Crippen molar-refractivity contribution in [3.63, 3.8) is 0 Å². The number of carbonyl (C=O) groups excluding carboxylic acids is 1. The van der Waals surface area contributed by atoms with E-state index in [1.54, 1.807) is 24.3 Å². The van der Waals surface area contributed by atoms with Crippen LogP contribution in [0.15, 0.2) is 24.3 Å². The van der Waals surface area contributed by atoms with Crippen LogP contribution in [0.25, 0.3) is 0 Å². The summed E-state index contributed by atoms with van der Waals surface area (Å²) >= 11 is 0. The van der Waals surface area contributed by atoms with Crippen LogP contribution in [0.5, 0.6) is 5.75 Å². The summed E-state index contributed by atoms with van der Waals surface area (Å²) in [4.78, 5) is 11.0. The van der Waals surface area contributed by atoms with E-state index in [0.29, 0.717) is 6.54 Å². The molecule has 14 heavy (non-hydrogen) atoms. The second-order valence-corrected chi connectivity index (χ2v) is 2.88. The van der Waals surface area contributed by atoms with Gasteiger partial charge in [-0.05, 0) is 17.7 Å². The maximum Gasteiger partial charge on any atom is 0.246 e. The third-order valence-electron chi connectivity index (χ3n) is 1.70. The molecule has 1 aromatic carbocycles. The van der Waals surface area contributed by atoms with Crippen LogP contribution in [0.1, 0.15) is 5.56 Å². The summed E-state index contributed by atoms with van der Waals surface area (Å²) in [6.45, 7) is 0.514. The molecule has 0 spiro atoms. The molecule has 0 aliphatic carbocycles. The molecule has 0 bridgehead atoms. The summed E-state index contributed by atoms with van der Waals surface area (Å²) in [5.41, 5.74) is 0.937. The number of nitrogens with one attached hydrogen (secondary N) is 1. The minimum atomic E-state index is -0.152. The molecule has 0 unspecified atom stereocenters. The average Bonchev–Trinajstić information content (AvgIpc) is 2.17. The van der Waals surface area contributed by atoms with Crippen molar-refractivity contribution in [3.8, 4) is 5.75 Å². The number of methoxy groups -OCH3 is 1. The molecule has 1 rings (SSSR count). The number of rotatable bonds is 4. The third-order valence-corrected chi connectivity index (χ3v) is 1.70. The smallest absolute Gasteiger partial charge is 0.246 e. The van der Waals surface area contributed by atoms with Gasteiger partial charge >= 0.3 is 0 Å². The number of phenolic OH excluding ortho intramolecular Hbond substituents is 1. The van der Waals surface area contributed by atoms with Crippen LogP contribution in [-0.2, 0) is 16.1 Å². The van der Waals surface area contributed by atoms with E-state index < -0.39 is 0 Å². The molecule has 4 heteroatoms. The van der Waals surface area contributed by atoms with Gasteiger partial charge < -0.3 is 15.2 Å². The molecule has 2 N–H and O–H groups in total. The average molecular weight is 195 g/mol. The summed E-state index contributed by atoms with van der Waals surface area (Å²) in [5, 5.41) is 11.7. The van der Waals surface area contributed by atoms with Gasteiger partial charge in [-0.3, -0.25) is 4.79 Å². The van der Waals surface area contributed by atoms with Gasteiger partial charge in [0.25, 0.3) is 0 Å². The van der Waals surface area contributed by atoms with Gasteiger partial charge in [-0.25, -0.2) is 0 Å². The molecule has 76 valence electrons. The summed E-state index contributed by atoms with van der Waals surface area (Å²) in [5.74, 6) is 0.0672. The summed E-state index contributed by atoms with van der Waals surface area (Å²) in [6, 6.07) is 6.67. The topological polar surface area (TPSA) is 58.6 Å². The zero-order valence-corrected chi connectivity index (χ0v) is 7.99. The quantitative estimate of drug-likeness (QED) is 0.741. The fourth-order valence-electron chi connectivity index (χ4n) is 0.997. The first-order chi connectivity index (χ1) is 6.72. The van der Waals surface area contributed by atoms with Crippen LogP contribution in [-0.4, -0.2) is 24.7 Å². The van der Waals surface area contributed by atoms with E-state index in [-0.39, 0.29) is 18.3 Å². The molecule has 0 fully saturated rings. The Labute approximate surface area is 82.5 Å². The molecule has 4 nitrogen and oxygen atoms in total. The van der Waals surface area contributed by atoms with Gasteiger partial charge in [0.15, 0.2) is 0 Å². The summed E-state index contributed by atoms with van der Waals surface area (Å²) < 4.78 is 4.66. The number of benzene rings is 1. The van der Waals surface area contributed by atoms with Crippen LogP contribution in [0, 0.1) is 0 Å². The number of carbonyl (C=O) groups is 1. The van der Waals surface area contributed by atoms with E-state index in [2.05, 4.69) is 10.1 Å². The molecule has 1 aromatic rings. The van der Waals surface area contributed by atoms with Crippen molar-refractivity contribution < 1.29 is 14.6 Å². The molecule has 0 radical (unpaired) electrons. The van der Waals surface area contributed by atoms with Gasteiger partial charge in [-0.15, -0.1) is 0 Å². The molecule has 0 aliphatic rings. The fourth-order valence-corrected chi connectivity index (χ4v) is 0.997. The van der Waals surface area contributed by atoms with Crippen molar-refractivity contribution in [1.82, 2.24) is 5.32 Å². The Bertz CT molecular complexity index is 295. The van der Waals surface area contributed by atoms with Gasteiger partial charge in [0.2, 0.25) is 5.91 Å². The molecule has 0 saturated carbocycles. The van der Waals surface area contributed by atoms with Gasteiger partial charge in [0, 0.05) is 13.7 Å². The largest absolute Gasteiger partial charge is 0.508 e. The lowest BCUT2D eigenvalue weighted by atomic mass is 10.2. The highest BCUT2D eigenvalue weighted by molar-refractivity contribution is 5.77. The molecular formula is C10H13NO3. The molecule has 1 amide bonds. The van der Waals surface area contributed by atoms with Crippen molar-refractivity contribution in [1.29, 1.82) is 0 Å². The van der Waals surface area contributed by atoms with Gasteiger partial charge in [0.1, 0.15) is 12.4 Å². The van der Waals surface area contributed by atoms with E-state index in [4.69, 9.17) is 5.11 Å². The first kappa shape index (κ1) is 10.5. The second kappa shape index (κ2) is 5.24. The van der Waals surface area contributed by atoms with Crippen LogP contribution < -0.4 is 5.32 Å². The van der Waals surface area contributed by atoms with E-state index in [0.717, 1.165) is 5.56 Å². The van der Waals surface area contributed by atoms with Crippen molar-refractivity contribution in [2.75, 3.05) is 13.7 Å². The fraction of sp³-hybridized carbons (Fsp3) is 0.300.